The molecule has 0 bridgehead atoms. The molecule has 32 heavy (non-hydrogen) atoms. The van der Waals surface area contributed by atoms with Gasteiger partial charge >= 0.3 is 0 Å². The number of H-pyrrole nitrogens is 1. The molecule has 0 radical (unpaired) electrons. The van der Waals surface area contributed by atoms with Crippen LogP contribution in [0.5, 0.6) is 0 Å². The van der Waals surface area contributed by atoms with Crippen LogP contribution in [0.25, 0.3) is 49.9 Å². The van der Waals surface area contributed by atoms with Gasteiger partial charge in [-0.2, -0.15) is 15.3 Å². The van der Waals surface area contributed by atoms with Crippen molar-refractivity contribution in [2.24, 2.45) is 14.1 Å². The fourth-order valence-corrected chi connectivity index (χ4v) is 4.50. The number of hydrogen-bond donors (Lipinski definition) is 1. The van der Waals surface area contributed by atoms with Gasteiger partial charge in [0.15, 0.2) is 0 Å². The van der Waals surface area contributed by atoms with E-state index in [4.69, 9.17) is 4.98 Å². The van der Waals surface area contributed by atoms with Crippen LogP contribution in [-0.4, -0.2) is 39.1 Å². The third-order valence-corrected chi connectivity index (χ3v) is 6.18. The van der Waals surface area contributed by atoms with Crippen LogP contribution < -0.4 is 0 Å². The summed E-state index contributed by atoms with van der Waals surface area (Å²) in [4.78, 5) is 8.02. The van der Waals surface area contributed by atoms with E-state index in [2.05, 4.69) is 45.4 Å². The summed E-state index contributed by atoms with van der Waals surface area (Å²) in [5.74, 6) is 0. The van der Waals surface area contributed by atoms with Gasteiger partial charge in [0.25, 0.3) is 0 Å². The number of nitrogens with one attached hydrogen (secondary N) is 1. The van der Waals surface area contributed by atoms with Gasteiger partial charge in [-0.05, 0) is 37.6 Å². The molecule has 0 aliphatic heterocycles. The van der Waals surface area contributed by atoms with E-state index in [9.17, 15) is 0 Å². The molecule has 0 aromatic carbocycles. The third kappa shape index (κ3) is 2.69. The Bertz CT molecular complexity index is 1620. The summed E-state index contributed by atoms with van der Waals surface area (Å²) in [6.45, 7) is 4.13. The topological polar surface area (TPSA) is 81.6 Å². The van der Waals surface area contributed by atoms with Gasteiger partial charge in [0.1, 0.15) is 5.65 Å². The molecule has 0 saturated heterocycles. The molecule has 0 spiro atoms. The van der Waals surface area contributed by atoms with Crippen LogP contribution >= 0.6 is 0 Å². The van der Waals surface area contributed by atoms with Crippen LogP contribution in [0, 0.1) is 13.8 Å². The van der Waals surface area contributed by atoms with Crippen LogP contribution in [0.4, 0.5) is 0 Å². The summed E-state index contributed by atoms with van der Waals surface area (Å²) in [5, 5.41) is 14.5. The van der Waals surface area contributed by atoms with Crippen LogP contribution in [0.3, 0.4) is 0 Å². The molecule has 0 unspecified atom stereocenters. The van der Waals surface area contributed by atoms with E-state index in [0.29, 0.717) is 0 Å². The first-order valence-corrected chi connectivity index (χ1v) is 10.4. The summed E-state index contributed by atoms with van der Waals surface area (Å²) in [6.07, 6.45) is 11.7. The second-order valence-corrected chi connectivity index (χ2v) is 8.20. The predicted octanol–water partition coefficient (Wildman–Crippen LogP) is 4.30. The fraction of sp³-hybridized carbons (Fsp3) is 0.167. The SMILES string of the molecule is Cc1nn(C)c(C)c1-c1cnc2[nH]cc(-c3ccn4ncc(-c5cnn(C)c5)c4c3)c2c1. The van der Waals surface area contributed by atoms with E-state index in [1.165, 1.54) is 0 Å². The number of aromatic amines is 1. The molecule has 0 amide bonds. The molecule has 0 aliphatic carbocycles. The Balaban J connectivity index is 1.52. The lowest BCUT2D eigenvalue weighted by Crippen LogP contribution is -1.92. The molecular weight excluding hydrogens is 400 g/mol. The third-order valence-electron chi connectivity index (χ3n) is 6.18. The lowest BCUT2D eigenvalue weighted by molar-refractivity contribution is 0.731. The minimum absolute atomic E-state index is 0.865. The normalized spacial score (nSPS) is 11.8. The Labute approximate surface area is 184 Å². The quantitative estimate of drug-likeness (QED) is 0.461. The highest BCUT2D eigenvalue weighted by Gasteiger charge is 2.16. The average Bonchev–Trinajstić information content (AvgIpc) is 3.54. The smallest absolute Gasteiger partial charge is 0.137 e. The molecular formula is C24H22N8. The van der Waals surface area contributed by atoms with Crippen LogP contribution in [0.2, 0.25) is 0 Å². The van der Waals surface area contributed by atoms with Crippen molar-refractivity contribution in [3.63, 3.8) is 0 Å². The van der Waals surface area contributed by atoms with E-state index >= 15 is 0 Å². The van der Waals surface area contributed by atoms with Crippen molar-refractivity contribution >= 4 is 16.6 Å². The summed E-state index contributed by atoms with van der Waals surface area (Å²) in [7, 11) is 3.89. The highest BCUT2D eigenvalue weighted by molar-refractivity contribution is 5.97. The van der Waals surface area contributed by atoms with Crippen LogP contribution in [0.15, 0.2) is 55.4 Å². The van der Waals surface area contributed by atoms with Gasteiger partial charge in [-0.15, -0.1) is 0 Å². The van der Waals surface area contributed by atoms with Gasteiger partial charge < -0.3 is 4.98 Å². The zero-order chi connectivity index (χ0) is 22.0. The second-order valence-electron chi connectivity index (χ2n) is 8.20. The van der Waals surface area contributed by atoms with Crippen molar-refractivity contribution in [1.29, 1.82) is 0 Å². The van der Waals surface area contributed by atoms with Gasteiger partial charge in [-0.25, -0.2) is 9.50 Å². The van der Waals surface area contributed by atoms with Crippen molar-refractivity contribution in [2.45, 2.75) is 13.8 Å². The van der Waals surface area contributed by atoms with Crippen molar-refractivity contribution in [3.05, 3.63) is 66.8 Å². The van der Waals surface area contributed by atoms with Gasteiger partial charge in [0.05, 0.1) is 23.6 Å². The van der Waals surface area contributed by atoms with E-state index in [0.717, 1.165) is 61.3 Å². The minimum Gasteiger partial charge on any atom is -0.346 e. The molecule has 6 aromatic rings. The molecule has 8 nitrogen and oxygen atoms in total. The molecule has 6 aromatic heterocycles. The largest absolute Gasteiger partial charge is 0.346 e. The zero-order valence-electron chi connectivity index (χ0n) is 18.3. The molecule has 8 heteroatoms. The number of nitrogens with zero attached hydrogens (tertiary/aromatic N) is 7. The average molecular weight is 422 g/mol. The van der Waals surface area contributed by atoms with Gasteiger partial charge in [-0.3, -0.25) is 9.36 Å². The minimum atomic E-state index is 0.865. The highest BCUT2D eigenvalue weighted by Crippen LogP contribution is 2.34. The standard InChI is InChI=1S/C24H22N8/c1-14-23(15(2)31(4)29-14)17-7-19-20(11-26-24(19)25-9-17)16-5-6-32-22(8-16)21(12-28-32)18-10-27-30(3)13-18/h5-13H,1-4H3,(H,25,26). The Kier molecular flexibility index (Phi) is 3.86. The maximum Gasteiger partial charge on any atom is 0.137 e. The van der Waals surface area contributed by atoms with Crippen molar-refractivity contribution in [1.82, 2.24) is 39.1 Å². The summed E-state index contributed by atoms with van der Waals surface area (Å²) in [5.41, 5.74) is 10.6. The lowest BCUT2D eigenvalue weighted by atomic mass is 10.0. The molecule has 0 atom stereocenters. The Morgan fingerprint density at radius 2 is 1.78 bits per heavy atom. The number of rotatable bonds is 3. The van der Waals surface area contributed by atoms with E-state index < -0.39 is 0 Å². The fourth-order valence-electron chi connectivity index (χ4n) is 4.50. The number of hydrogen-bond acceptors (Lipinski definition) is 4. The first-order chi connectivity index (χ1) is 15.5. The first-order valence-electron chi connectivity index (χ1n) is 10.4. The van der Waals surface area contributed by atoms with Gasteiger partial charge in [-0.1, -0.05) is 0 Å². The second kappa shape index (κ2) is 6.65. The number of pyridine rings is 2. The first kappa shape index (κ1) is 18.6. The molecule has 0 aliphatic rings. The summed E-state index contributed by atoms with van der Waals surface area (Å²) in [6, 6.07) is 6.46. The highest BCUT2D eigenvalue weighted by atomic mass is 15.3. The number of fused-ring (bicyclic) bond motifs is 2. The number of aryl methyl sites for hydroxylation is 3. The van der Waals surface area contributed by atoms with Crippen molar-refractivity contribution < 1.29 is 0 Å². The predicted molar refractivity (Wildman–Crippen MR) is 124 cm³/mol. The molecule has 6 rings (SSSR count). The zero-order valence-corrected chi connectivity index (χ0v) is 18.3. The summed E-state index contributed by atoms with van der Waals surface area (Å²) >= 11 is 0. The molecule has 158 valence electrons. The monoisotopic (exact) mass is 422 g/mol. The van der Waals surface area contributed by atoms with Crippen LogP contribution in [0.1, 0.15) is 11.4 Å². The maximum absolute atomic E-state index is 4.69. The van der Waals surface area contributed by atoms with E-state index in [1.807, 2.05) is 67.4 Å². The lowest BCUT2D eigenvalue weighted by Gasteiger charge is -2.05. The molecule has 1 N–H and O–H groups in total. The molecule has 0 saturated carbocycles. The van der Waals surface area contributed by atoms with Gasteiger partial charge in [0, 0.05) is 77.8 Å². The maximum atomic E-state index is 4.69. The number of aromatic nitrogens is 8. The molecule has 6 heterocycles. The van der Waals surface area contributed by atoms with Crippen molar-refractivity contribution in [3.8, 4) is 33.4 Å². The van der Waals surface area contributed by atoms with Gasteiger partial charge in [0.2, 0.25) is 0 Å². The van der Waals surface area contributed by atoms with E-state index in [-0.39, 0.29) is 0 Å². The van der Waals surface area contributed by atoms with E-state index in [1.54, 1.807) is 4.68 Å². The Hall–Kier alpha value is -4.20. The van der Waals surface area contributed by atoms with Crippen molar-refractivity contribution in [2.75, 3.05) is 0 Å². The molecule has 0 fully saturated rings. The Morgan fingerprint density at radius 3 is 2.53 bits per heavy atom. The Morgan fingerprint density at radius 1 is 0.906 bits per heavy atom. The summed E-state index contributed by atoms with van der Waals surface area (Å²) < 4.78 is 5.62. The van der Waals surface area contributed by atoms with Crippen LogP contribution in [-0.2, 0) is 14.1 Å².